The third kappa shape index (κ3) is 6.30. The quantitative estimate of drug-likeness (QED) is 0.407. The number of carbonyl (C=O) groups excluding carboxylic acids is 4. The Morgan fingerprint density at radius 1 is 1.19 bits per heavy atom. The lowest BCUT2D eigenvalue weighted by molar-refractivity contribution is -0.196. The van der Waals surface area contributed by atoms with Gasteiger partial charge in [-0.25, -0.2) is 8.78 Å². The molecule has 1 saturated carbocycles. The van der Waals surface area contributed by atoms with Gasteiger partial charge in [-0.2, -0.15) is 18.4 Å². The van der Waals surface area contributed by atoms with Gasteiger partial charge in [0.15, 0.2) is 0 Å². The summed E-state index contributed by atoms with van der Waals surface area (Å²) in [4.78, 5) is 51.1. The van der Waals surface area contributed by atoms with Crippen LogP contribution < -0.4 is 16.0 Å². The van der Waals surface area contributed by atoms with E-state index in [-0.39, 0.29) is 37.5 Å². The fourth-order valence-corrected chi connectivity index (χ4v) is 5.49. The minimum atomic E-state index is -5.27. The molecule has 6 atom stereocenters. The van der Waals surface area contributed by atoms with E-state index in [1.807, 2.05) is 6.07 Å². The number of nitriles is 1. The molecule has 14 heteroatoms. The van der Waals surface area contributed by atoms with Gasteiger partial charge in [0.25, 0.3) is 5.92 Å². The van der Waals surface area contributed by atoms with Gasteiger partial charge in [0.05, 0.1) is 12.0 Å². The molecule has 0 aromatic rings. The first-order valence-corrected chi connectivity index (χ1v) is 12.2. The number of amides is 4. The Morgan fingerprint density at radius 3 is 2.38 bits per heavy atom. The summed E-state index contributed by atoms with van der Waals surface area (Å²) in [6.45, 7) is 3.62. The van der Waals surface area contributed by atoms with Crippen molar-refractivity contribution in [1.29, 1.82) is 5.26 Å². The topological polar surface area (TPSA) is 131 Å². The lowest BCUT2D eigenvalue weighted by atomic mass is 9.71. The lowest BCUT2D eigenvalue weighted by Crippen LogP contribution is -2.71. The fourth-order valence-electron chi connectivity index (χ4n) is 5.49. The zero-order valence-electron chi connectivity index (χ0n) is 20.4. The third-order valence-corrected chi connectivity index (χ3v) is 7.18. The SMILES string of the molecule is CC(C)C[C@@H](NC(=O)C(F)(F)F)C(=O)N1[C@H]2CC[C@@H]([C@H]1C(=O)N[C@@H](C#N)C[C@@H]1CCNC1=O)C(F)(F)C2. The molecule has 4 aliphatic rings. The second-order valence-electron chi connectivity index (χ2n) is 10.3. The highest BCUT2D eigenvalue weighted by molar-refractivity contribution is 5.94. The van der Waals surface area contributed by atoms with Crippen LogP contribution in [0.1, 0.15) is 52.4 Å². The van der Waals surface area contributed by atoms with Crippen molar-refractivity contribution in [2.24, 2.45) is 17.8 Å². The molecular weight excluding hydrogens is 505 g/mol. The standard InChI is InChI=1S/C23H30F5N5O4/c1-11(2)7-16(32-21(37)23(26,27)28)20(36)33-14-3-4-15(22(24,25)9-14)17(33)19(35)31-13(10-29)8-12-5-6-30-18(12)34/h11-17H,3-9H2,1-2H3,(H,30,34)(H,31,35)(H,32,37)/t12-,13+,14-,15-,16+,17-/m0/s1. The Bertz CT molecular complexity index is 966. The molecule has 9 nitrogen and oxygen atoms in total. The van der Waals surface area contributed by atoms with Crippen LogP contribution in [0.2, 0.25) is 0 Å². The van der Waals surface area contributed by atoms with E-state index in [0.717, 1.165) is 4.90 Å². The maximum absolute atomic E-state index is 14.9. The van der Waals surface area contributed by atoms with E-state index in [2.05, 4.69) is 10.6 Å². The average Bonchev–Trinajstić information content (AvgIpc) is 3.19. The van der Waals surface area contributed by atoms with Gasteiger partial charge in [-0.3, -0.25) is 19.2 Å². The minimum absolute atomic E-state index is 0.0587. The van der Waals surface area contributed by atoms with E-state index in [9.17, 15) is 46.4 Å². The summed E-state index contributed by atoms with van der Waals surface area (Å²) in [6, 6.07) is -3.94. The highest BCUT2D eigenvalue weighted by Gasteiger charge is 2.61. The normalized spacial score (nSPS) is 28.3. The van der Waals surface area contributed by atoms with E-state index in [0.29, 0.717) is 13.0 Å². The molecule has 0 unspecified atom stereocenters. The summed E-state index contributed by atoms with van der Waals surface area (Å²) in [7, 11) is 0. The van der Waals surface area contributed by atoms with Crippen LogP contribution in [0.15, 0.2) is 0 Å². The summed E-state index contributed by atoms with van der Waals surface area (Å²) >= 11 is 0. The molecule has 1 aliphatic carbocycles. The molecule has 3 heterocycles. The van der Waals surface area contributed by atoms with Gasteiger partial charge in [0.1, 0.15) is 18.1 Å². The van der Waals surface area contributed by atoms with Crippen molar-refractivity contribution in [3.05, 3.63) is 0 Å². The molecule has 0 aromatic heterocycles. The van der Waals surface area contributed by atoms with Crippen LogP contribution in [-0.2, 0) is 19.2 Å². The van der Waals surface area contributed by atoms with Crippen molar-refractivity contribution in [3.8, 4) is 6.07 Å². The van der Waals surface area contributed by atoms with Crippen LogP contribution >= 0.6 is 0 Å². The Morgan fingerprint density at radius 2 is 1.86 bits per heavy atom. The van der Waals surface area contributed by atoms with Gasteiger partial charge in [-0.1, -0.05) is 13.8 Å². The van der Waals surface area contributed by atoms with Crippen LogP contribution in [0.4, 0.5) is 22.0 Å². The molecule has 37 heavy (non-hydrogen) atoms. The lowest BCUT2D eigenvalue weighted by Gasteiger charge is -2.54. The summed E-state index contributed by atoms with van der Waals surface area (Å²) in [5.74, 6) is -10.6. The molecule has 4 fully saturated rings. The maximum atomic E-state index is 14.9. The molecular formula is C23H30F5N5O4. The third-order valence-electron chi connectivity index (χ3n) is 7.18. The first-order chi connectivity index (χ1) is 17.2. The minimum Gasteiger partial charge on any atom is -0.356 e. The summed E-state index contributed by atoms with van der Waals surface area (Å²) in [5.41, 5.74) is 0. The largest absolute Gasteiger partial charge is 0.471 e. The van der Waals surface area contributed by atoms with Crippen molar-refractivity contribution in [2.75, 3.05) is 6.54 Å². The van der Waals surface area contributed by atoms with E-state index >= 15 is 0 Å². The van der Waals surface area contributed by atoms with Gasteiger partial charge in [0.2, 0.25) is 17.7 Å². The van der Waals surface area contributed by atoms with Crippen molar-refractivity contribution >= 4 is 23.6 Å². The Hall–Kier alpha value is -2.98. The summed E-state index contributed by atoms with van der Waals surface area (Å²) in [6.07, 6.45) is -5.87. The first-order valence-electron chi connectivity index (χ1n) is 12.2. The molecule has 206 valence electrons. The number of piperidine rings is 2. The maximum Gasteiger partial charge on any atom is 0.471 e. The van der Waals surface area contributed by atoms with Crippen molar-refractivity contribution in [2.45, 2.75) is 88.6 Å². The van der Waals surface area contributed by atoms with Gasteiger partial charge < -0.3 is 20.9 Å². The highest BCUT2D eigenvalue weighted by Crippen LogP contribution is 2.49. The molecule has 3 aliphatic heterocycles. The number of hydrogen-bond acceptors (Lipinski definition) is 5. The number of nitrogens with zero attached hydrogens (tertiary/aromatic N) is 2. The van der Waals surface area contributed by atoms with Crippen molar-refractivity contribution in [3.63, 3.8) is 0 Å². The van der Waals surface area contributed by atoms with Gasteiger partial charge in [-0.15, -0.1) is 0 Å². The second kappa shape index (κ2) is 10.8. The van der Waals surface area contributed by atoms with Crippen molar-refractivity contribution in [1.82, 2.24) is 20.9 Å². The molecule has 0 radical (unpaired) electrons. The number of hydrogen-bond donors (Lipinski definition) is 3. The molecule has 0 aromatic carbocycles. The molecule has 4 amide bonds. The van der Waals surface area contributed by atoms with E-state index in [1.54, 1.807) is 19.2 Å². The van der Waals surface area contributed by atoms with E-state index in [1.165, 1.54) is 0 Å². The fraction of sp³-hybridized carbons (Fsp3) is 0.783. The number of halogens is 5. The molecule has 4 rings (SSSR count). The number of carbonyl (C=O) groups is 4. The Kier molecular flexibility index (Phi) is 8.34. The van der Waals surface area contributed by atoms with Crippen LogP contribution in [0.25, 0.3) is 0 Å². The number of alkyl halides is 5. The monoisotopic (exact) mass is 535 g/mol. The average molecular weight is 536 g/mol. The Balaban J connectivity index is 1.87. The summed E-state index contributed by atoms with van der Waals surface area (Å²) in [5, 5.41) is 16.1. The smallest absolute Gasteiger partial charge is 0.356 e. The predicted octanol–water partition coefficient (Wildman–Crippen LogP) is 1.63. The van der Waals surface area contributed by atoms with Crippen LogP contribution in [0.3, 0.4) is 0 Å². The number of rotatable bonds is 8. The number of fused-ring (bicyclic) bond motifs is 3. The molecule has 0 spiro atoms. The van der Waals surface area contributed by atoms with Gasteiger partial charge >= 0.3 is 12.1 Å². The zero-order valence-corrected chi connectivity index (χ0v) is 20.4. The van der Waals surface area contributed by atoms with Crippen LogP contribution in [0.5, 0.6) is 0 Å². The number of nitrogens with one attached hydrogen (secondary N) is 3. The zero-order chi connectivity index (χ0) is 27.7. The van der Waals surface area contributed by atoms with Crippen LogP contribution in [0, 0.1) is 29.1 Å². The van der Waals surface area contributed by atoms with Crippen molar-refractivity contribution < 1.29 is 41.1 Å². The van der Waals surface area contributed by atoms with E-state index in [4.69, 9.17) is 0 Å². The second-order valence-corrected chi connectivity index (χ2v) is 10.3. The summed E-state index contributed by atoms with van der Waals surface area (Å²) < 4.78 is 68.5. The highest BCUT2D eigenvalue weighted by atomic mass is 19.4. The van der Waals surface area contributed by atoms with Gasteiger partial charge in [-0.05, 0) is 38.0 Å². The molecule has 3 N–H and O–H groups in total. The molecule has 3 saturated heterocycles. The predicted molar refractivity (Wildman–Crippen MR) is 117 cm³/mol. The van der Waals surface area contributed by atoms with Gasteiger partial charge in [0, 0.05) is 24.9 Å². The van der Waals surface area contributed by atoms with E-state index < -0.39 is 72.2 Å². The first kappa shape index (κ1) is 28.6. The Labute approximate surface area is 210 Å². The molecule has 2 bridgehead atoms. The van der Waals surface area contributed by atoms with Crippen LogP contribution in [-0.4, -0.2) is 71.3 Å².